The van der Waals surface area contributed by atoms with Crippen LogP contribution >= 0.6 is 11.6 Å². The third-order valence-electron chi connectivity index (χ3n) is 2.37. The van der Waals surface area contributed by atoms with Crippen molar-refractivity contribution in [3.8, 4) is 0 Å². The summed E-state index contributed by atoms with van der Waals surface area (Å²) in [5, 5.41) is 0.311. The van der Waals surface area contributed by atoms with Crippen molar-refractivity contribution in [3.63, 3.8) is 0 Å². The van der Waals surface area contributed by atoms with Gasteiger partial charge in [0.25, 0.3) is 5.56 Å². The summed E-state index contributed by atoms with van der Waals surface area (Å²) in [4.78, 5) is 16.1. The minimum atomic E-state index is -0.0730. The molecular formula is C11H11ClN2O. The van der Waals surface area contributed by atoms with Gasteiger partial charge in [0.05, 0.1) is 5.56 Å². The summed E-state index contributed by atoms with van der Waals surface area (Å²) >= 11 is 5.92. The Kier molecular flexibility index (Phi) is 2.49. The van der Waals surface area contributed by atoms with Crippen molar-refractivity contribution in [3.05, 3.63) is 45.0 Å². The van der Waals surface area contributed by atoms with Crippen LogP contribution in [0, 0.1) is 6.92 Å². The molecule has 78 valence electrons. The lowest BCUT2D eigenvalue weighted by Crippen LogP contribution is -2.19. The van der Waals surface area contributed by atoms with Crippen LogP contribution < -0.4 is 5.56 Å². The predicted octanol–water partition coefficient (Wildman–Crippen LogP) is 2.22. The number of nitrogens with zero attached hydrogens (tertiary/aromatic N) is 2. The second kappa shape index (κ2) is 3.66. The summed E-state index contributed by atoms with van der Waals surface area (Å²) in [6, 6.07) is 3.70. The number of pyridine rings is 1. The topological polar surface area (TPSA) is 34.4 Å². The lowest BCUT2D eigenvalue weighted by atomic mass is 10.2. The van der Waals surface area contributed by atoms with E-state index in [1.54, 1.807) is 16.7 Å². The van der Waals surface area contributed by atoms with Gasteiger partial charge in [-0.2, -0.15) is 0 Å². The molecule has 4 heteroatoms. The summed E-state index contributed by atoms with van der Waals surface area (Å²) < 4.78 is 1.54. The van der Waals surface area contributed by atoms with Gasteiger partial charge in [-0.15, -0.1) is 0 Å². The number of aromatic nitrogens is 2. The van der Waals surface area contributed by atoms with Crippen molar-refractivity contribution in [2.75, 3.05) is 0 Å². The molecule has 3 nitrogen and oxygen atoms in total. The first-order valence-corrected chi connectivity index (χ1v) is 5.18. The number of hydrogen-bond acceptors (Lipinski definition) is 2. The highest BCUT2D eigenvalue weighted by atomic mass is 35.5. The second-order valence-corrected chi connectivity index (χ2v) is 3.83. The molecule has 0 unspecified atom stereocenters. The molecule has 0 bridgehead atoms. The van der Waals surface area contributed by atoms with Crippen molar-refractivity contribution in [2.24, 2.45) is 0 Å². The Bertz CT molecular complexity index is 575. The quantitative estimate of drug-likeness (QED) is 0.694. The minimum absolute atomic E-state index is 0.0730. The molecule has 0 fully saturated rings. The Morgan fingerprint density at radius 1 is 1.47 bits per heavy atom. The van der Waals surface area contributed by atoms with Crippen molar-refractivity contribution >= 4 is 17.2 Å². The molecule has 0 N–H and O–H groups in total. The number of fused-ring (bicyclic) bond motifs is 1. The molecule has 0 radical (unpaired) electrons. The Morgan fingerprint density at radius 3 is 2.87 bits per heavy atom. The summed E-state index contributed by atoms with van der Waals surface area (Å²) in [6.45, 7) is 3.83. The summed E-state index contributed by atoms with van der Waals surface area (Å²) in [7, 11) is 0. The van der Waals surface area contributed by atoms with E-state index in [-0.39, 0.29) is 5.56 Å². The maximum atomic E-state index is 12.0. The molecule has 0 atom stereocenters. The number of hydrogen-bond donors (Lipinski definition) is 0. The summed E-state index contributed by atoms with van der Waals surface area (Å²) in [5.41, 5.74) is 2.11. The predicted molar refractivity (Wildman–Crippen MR) is 60.6 cm³/mol. The van der Waals surface area contributed by atoms with Crippen LogP contribution in [0.3, 0.4) is 0 Å². The first kappa shape index (κ1) is 10.2. The molecule has 2 heterocycles. The molecule has 0 spiro atoms. The lowest BCUT2D eigenvalue weighted by molar-refractivity contribution is 0.961. The number of halogens is 1. The summed E-state index contributed by atoms with van der Waals surface area (Å²) in [6.07, 6.45) is 2.38. The van der Waals surface area contributed by atoms with Crippen LogP contribution in [-0.2, 0) is 6.42 Å². The van der Waals surface area contributed by atoms with Crippen LogP contribution in [-0.4, -0.2) is 9.38 Å². The van der Waals surface area contributed by atoms with Crippen molar-refractivity contribution in [1.29, 1.82) is 0 Å². The Labute approximate surface area is 92.3 Å². The van der Waals surface area contributed by atoms with Crippen LogP contribution in [0.2, 0.25) is 5.15 Å². The fourth-order valence-corrected chi connectivity index (χ4v) is 1.85. The number of aryl methyl sites for hydroxylation is 1. The fraction of sp³-hybridized carbons (Fsp3) is 0.273. The molecule has 2 aromatic heterocycles. The summed E-state index contributed by atoms with van der Waals surface area (Å²) in [5.74, 6) is 0. The molecule has 15 heavy (non-hydrogen) atoms. The molecular weight excluding hydrogens is 212 g/mol. The number of rotatable bonds is 1. The van der Waals surface area contributed by atoms with Crippen molar-refractivity contribution < 1.29 is 0 Å². The van der Waals surface area contributed by atoms with Crippen molar-refractivity contribution in [2.45, 2.75) is 20.3 Å². The molecule has 2 rings (SSSR count). The molecule has 0 saturated carbocycles. The second-order valence-electron chi connectivity index (χ2n) is 3.47. The highest BCUT2D eigenvalue weighted by Crippen LogP contribution is 2.11. The van der Waals surface area contributed by atoms with Gasteiger partial charge in [0.1, 0.15) is 10.8 Å². The zero-order valence-corrected chi connectivity index (χ0v) is 9.38. The normalized spacial score (nSPS) is 10.9. The van der Waals surface area contributed by atoms with E-state index in [0.717, 1.165) is 5.56 Å². The first-order chi connectivity index (χ1) is 7.13. The van der Waals surface area contributed by atoms with Crippen LogP contribution in [0.1, 0.15) is 18.1 Å². The zero-order chi connectivity index (χ0) is 11.0. The van der Waals surface area contributed by atoms with Crippen LogP contribution in [0.4, 0.5) is 0 Å². The van der Waals surface area contributed by atoms with Crippen LogP contribution in [0.25, 0.3) is 5.65 Å². The Hall–Kier alpha value is -1.35. The SMILES string of the molecule is CCc1c(Cl)nc2ccc(C)cn2c1=O. The monoisotopic (exact) mass is 222 g/mol. The molecule has 0 aliphatic rings. The minimum Gasteiger partial charge on any atom is -0.269 e. The molecule has 2 aromatic rings. The van der Waals surface area contributed by atoms with Gasteiger partial charge in [-0.25, -0.2) is 4.98 Å². The molecule has 0 saturated heterocycles. The van der Waals surface area contributed by atoms with E-state index in [0.29, 0.717) is 22.8 Å². The van der Waals surface area contributed by atoms with Gasteiger partial charge in [-0.1, -0.05) is 24.6 Å². The van der Waals surface area contributed by atoms with Crippen LogP contribution in [0.15, 0.2) is 23.1 Å². The third-order valence-corrected chi connectivity index (χ3v) is 2.68. The first-order valence-electron chi connectivity index (χ1n) is 4.81. The Balaban J connectivity index is 2.92. The van der Waals surface area contributed by atoms with E-state index < -0.39 is 0 Å². The maximum absolute atomic E-state index is 12.0. The highest BCUT2D eigenvalue weighted by molar-refractivity contribution is 6.30. The van der Waals surface area contributed by atoms with Gasteiger partial charge in [0.15, 0.2) is 0 Å². The van der Waals surface area contributed by atoms with Gasteiger partial charge in [-0.05, 0) is 25.0 Å². The van der Waals surface area contributed by atoms with E-state index in [1.165, 1.54) is 0 Å². The molecule has 0 amide bonds. The standard InChI is InChI=1S/C11H11ClN2O/c1-3-8-10(12)13-9-5-4-7(2)6-14(9)11(8)15/h4-6H,3H2,1-2H3. The van der Waals surface area contributed by atoms with Gasteiger partial charge < -0.3 is 0 Å². The van der Waals surface area contributed by atoms with Gasteiger partial charge in [-0.3, -0.25) is 9.20 Å². The maximum Gasteiger partial charge on any atom is 0.262 e. The molecule has 0 aliphatic heterocycles. The lowest BCUT2D eigenvalue weighted by Gasteiger charge is -2.05. The van der Waals surface area contributed by atoms with E-state index in [9.17, 15) is 4.79 Å². The van der Waals surface area contributed by atoms with E-state index in [2.05, 4.69) is 4.98 Å². The molecule has 0 aliphatic carbocycles. The van der Waals surface area contributed by atoms with Gasteiger partial charge >= 0.3 is 0 Å². The van der Waals surface area contributed by atoms with E-state index >= 15 is 0 Å². The third kappa shape index (κ3) is 1.63. The fourth-order valence-electron chi connectivity index (χ4n) is 1.55. The van der Waals surface area contributed by atoms with Crippen molar-refractivity contribution in [1.82, 2.24) is 9.38 Å². The largest absolute Gasteiger partial charge is 0.269 e. The van der Waals surface area contributed by atoms with Crippen LogP contribution in [0.5, 0.6) is 0 Å². The average molecular weight is 223 g/mol. The average Bonchev–Trinajstić information content (AvgIpc) is 2.20. The van der Waals surface area contributed by atoms with E-state index in [1.807, 2.05) is 19.9 Å². The zero-order valence-electron chi connectivity index (χ0n) is 8.62. The van der Waals surface area contributed by atoms with Gasteiger partial charge in [0.2, 0.25) is 0 Å². The smallest absolute Gasteiger partial charge is 0.262 e. The highest BCUT2D eigenvalue weighted by Gasteiger charge is 2.08. The van der Waals surface area contributed by atoms with Gasteiger partial charge in [0, 0.05) is 6.20 Å². The Morgan fingerprint density at radius 2 is 2.20 bits per heavy atom. The van der Waals surface area contributed by atoms with E-state index in [4.69, 9.17) is 11.6 Å². The molecule has 0 aromatic carbocycles.